The van der Waals surface area contributed by atoms with Gasteiger partial charge in [-0.1, -0.05) is 30.3 Å². The minimum Gasteiger partial charge on any atom is -0.376 e. The summed E-state index contributed by atoms with van der Waals surface area (Å²) in [5.74, 6) is 1.66. The molecule has 2 aliphatic heterocycles. The predicted octanol–water partition coefficient (Wildman–Crippen LogP) is 2.98. The van der Waals surface area contributed by atoms with Crippen molar-refractivity contribution in [3.8, 4) is 0 Å². The summed E-state index contributed by atoms with van der Waals surface area (Å²) in [5, 5.41) is 3.56. The maximum absolute atomic E-state index is 5.94. The first kappa shape index (κ1) is 20.2. The van der Waals surface area contributed by atoms with Crippen LogP contribution < -0.4 is 5.32 Å². The second-order valence-electron chi connectivity index (χ2n) is 7.83. The van der Waals surface area contributed by atoms with Gasteiger partial charge >= 0.3 is 0 Å². The number of rotatable bonds is 9. The Bertz CT molecular complexity index is 557. The smallest absolute Gasteiger partial charge is 0.193 e. The number of ether oxygens (including phenoxy) is 1. The second kappa shape index (κ2) is 11.3. The summed E-state index contributed by atoms with van der Waals surface area (Å²) in [7, 11) is 1.89. The maximum atomic E-state index is 5.94. The highest BCUT2D eigenvalue weighted by Crippen LogP contribution is 2.17. The number of hydrogen-bond donors (Lipinski definition) is 1. The van der Waals surface area contributed by atoms with E-state index in [1.54, 1.807) is 0 Å². The molecule has 5 heteroatoms. The Morgan fingerprint density at radius 2 is 1.96 bits per heavy atom. The largest absolute Gasteiger partial charge is 0.376 e. The first-order chi connectivity index (χ1) is 13.3. The summed E-state index contributed by atoms with van der Waals surface area (Å²) in [6.45, 7) is 8.54. The zero-order valence-electron chi connectivity index (χ0n) is 16.9. The van der Waals surface area contributed by atoms with Gasteiger partial charge in [0.05, 0.1) is 13.2 Å². The third kappa shape index (κ3) is 6.82. The number of likely N-dealkylation sites (tertiary alicyclic amines) is 2. The van der Waals surface area contributed by atoms with Crippen LogP contribution in [0.3, 0.4) is 0 Å². The summed E-state index contributed by atoms with van der Waals surface area (Å²) in [5.41, 5.74) is 1.25. The lowest BCUT2D eigenvalue weighted by atomic mass is 10.1. The van der Waals surface area contributed by atoms with Crippen LogP contribution in [0.1, 0.15) is 37.7 Å². The van der Waals surface area contributed by atoms with Crippen LogP contribution >= 0.6 is 0 Å². The van der Waals surface area contributed by atoms with Crippen LogP contribution in [0.25, 0.3) is 0 Å². The lowest BCUT2D eigenvalue weighted by Gasteiger charge is -2.22. The Hall–Kier alpha value is -1.59. The van der Waals surface area contributed by atoms with Gasteiger partial charge in [-0.2, -0.15) is 0 Å². The molecule has 2 saturated heterocycles. The molecule has 2 aliphatic rings. The number of benzene rings is 1. The van der Waals surface area contributed by atoms with Crippen molar-refractivity contribution in [1.29, 1.82) is 0 Å². The molecule has 0 bridgehead atoms. The molecule has 150 valence electrons. The molecule has 0 aliphatic carbocycles. The average Bonchev–Trinajstić information content (AvgIpc) is 3.38. The van der Waals surface area contributed by atoms with Crippen molar-refractivity contribution in [1.82, 2.24) is 15.1 Å². The molecule has 5 nitrogen and oxygen atoms in total. The molecule has 0 radical (unpaired) electrons. The highest BCUT2D eigenvalue weighted by atomic mass is 16.5. The van der Waals surface area contributed by atoms with E-state index in [1.165, 1.54) is 57.3 Å². The standard InChI is InChI=1S/C22H36N4O/c1-23-22(24-12-5-6-13-25-14-7-8-15-25)26-16-11-21(17-26)19-27-18-20-9-3-2-4-10-20/h2-4,9-10,21H,5-8,11-19H2,1H3,(H,23,24). The van der Waals surface area contributed by atoms with Crippen molar-refractivity contribution in [2.24, 2.45) is 10.9 Å². The van der Waals surface area contributed by atoms with Crippen molar-refractivity contribution in [3.63, 3.8) is 0 Å². The fraction of sp³-hybridized carbons (Fsp3) is 0.682. The molecule has 1 aromatic carbocycles. The molecule has 1 unspecified atom stereocenters. The number of hydrogen-bond acceptors (Lipinski definition) is 3. The minimum absolute atomic E-state index is 0.599. The number of nitrogens with one attached hydrogen (secondary N) is 1. The molecular formula is C22H36N4O. The molecule has 1 atom stereocenters. The Morgan fingerprint density at radius 1 is 1.15 bits per heavy atom. The summed E-state index contributed by atoms with van der Waals surface area (Å²) in [6, 6.07) is 10.4. The molecule has 3 rings (SSSR count). The highest BCUT2D eigenvalue weighted by Gasteiger charge is 2.24. The summed E-state index contributed by atoms with van der Waals surface area (Å²) < 4.78 is 5.94. The van der Waals surface area contributed by atoms with Gasteiger partial charge in [0.15, 0.2) is 5.96 Å². The summed E-state index contributed by atoms with van der Waals surface area (Å²) in [6.07, 6.45) is 6.45. The van der Waals surface area contributed by atoms with Crippen LogP contribution in [0.4, 0.5) is 0 Å². The molecule has 1 aromatic rings. The highest BCUT2D eigenvalue weighted by molar-refractivity contribution is 5.80. The Balaban J connectivity index is 1.28. The normalized spacial score (nSPS) is 21.1. The molecule has 2 fully saturated rings. The molecular weight excluding hydrogens is 336 g/mol. The number of unbranched alkanes of at least 4 members (excludes halogenated alkanes) is 1. The van der Waals surface area contributed by atoms with E-state index in [-0.39, 0.29) is 0 Å². The topological polar surface area (TPSA) is 40.1 Å². The first-order valence-electron chi connectivity index (χ1n) is 10.6. The lowest BCUT2D eigenvalue weighted by molar-refractivity contribution is 0.0907. The zero-order valence-corrected chi connectivity index (χ0v) is 16.9. The Morgan fingerprint density at radius 3 is 2.74 bits per heavy atom. The van der Waals surface area contributed by atoms with Crippen LogP contribution in [0, 0.1) is 5.92 Å². The van der Waals surface area contributed by atoms with Crippen molar-refractivity contribution in [2.75, 3.05) is 52.9 Å². The van der Waals surface area contributed by atoms with Crippen molar-refractivity contribution in [3.05, 3.63) is 35.9 Å². The third-order valence-corrected chi connectivity index (χ3v) is 5.65. The SMILES string of the molecule is CN=C(NCCCCN1CCCC1)N1CCC(COCc2ccccc2)C1. The van der Waals surface area contributed by atoms with Gasteiger partial charge in [0.25, 0.3) is 0 Å². The van der Waals surface area contributed by atoms with Crippen LogP contribution in [0.5, 0.6) is 0 Å². The van der Waals surface area contributed by atoms with Crippen LogP contribution in [0.2, 0.25) is 0 Å². The maximum Gasteiger partial charge on any atom is 0.193 e. The molecule has 1 N–H and O–H groups in total. The number of guanidine groups is 1. The van der Waals surface area contributed by atoms with Crippen molar-refractivity contribution in [2.45, 2.75) is 38.7 Å². The van der Waals surface area contributed by atoms with Gasteiger partial charge in [0.2, 0.25) is 0 Å². The molecule has 2 heterocycles. The molecule has 0 aromatic heterocycles. The second-order valence-corrected chi connectivity index (χ2v) is 7.83. The van der Waals surface area contributed by atoms with Gasteiger partial charge in [-0.15, -0.1) is 0 Å². The molecule has 0 saturated carbocycles. The van der Waals surface area contributed by atoms with Gasteiger partial charge < -0.3 is 19.9 Å². The molecule has 27 heavy (non-hydrogen) atoms. The molecule has 0 amide bonds. The van der Waals surface area contributed by atoms with Crippen LogP contribution in [0.15, 0.2) is 35.3 Å². The zero-order chi connectivity index (χ0) is 18.7. The lowest BCUT2D eigenvalue weighted by Crippen LogP contribution is -2.40. The Kier molecular flexibility index (Phi) is 8.43. The van der Waals surface area contributed by atoms with Gasteiger partial charge in [-0.3, -0.25) is 4.99 Å². The van der Waals surface area contributed by atoms with Crippen molar-refractivity contribution < 1.29 is 4.74 Å². The van der Waals surface area contributed by atoms with Gasteiger partial charge in [0.1, 0.15) is 0 Å². The quantitative estimate of drug-likeness (QED) is 0.411. The van der Waals surface area contributed by atoms with E-state index >= 15 is 0 Å². The van der Waals surface area contributed by atoms with E-state index in [0.717, 1.165) is 32.2 Å². The first-order valence-corrected chi connectivity index (χ1v) is 10.6. The van der Waals surface area contributed by atoms with E-state index in [9.17, 15) is 0 Å². The van der Waals surface area contributed by atoms with E-state index in [4.69, 9.17) is 4.74 Å². The van der Waals surface area contributed by atoms with Gasteiger partial charge in [-0.05, 0) is 57.3 Å². The predicted molar refractivity (Wildman–Crippen MR) is 112 cm³/mol. The number of aliphatic imine (C=N–C) groups is 1. The van der Waals surface area contributed by atoms with Crippen molar-refractivity contribution >= 4 is 5.96 Å². The summed E-state index contributed by atoms with van der Waals surface area (Å²) >= 11 is 0. The Labute approximate surface area is 164 Å². The fourth-order valence-corrected chi connectivity index (χ4v) is 4.08. The van der Waals surface area contributed by atoms with E-state index in [0.29, 0.717) is 12.5 Å². The minimum atomic E-state index is 0.599. The van der Waals surface area contributed by atoms with Crippen LogP contribution in [-0.4, -0.2) is 68.7 Å². The summed E-state index contributed by atoms with van der Waals surface area (Å²) in [4.78, 5) is 9.47. The van der Waals surface area contributed by atoms with E-state index in [2.05, 4.69) is 44.4 Å². The van der Waals surface area contributed by atoms with E-state index in [1.807, 2.05) is 13.1 Å². The van der Waals surface area contributed by atoms with Crippen LogP contribution in [-0.2, 0) is 11.3 Å². The van der Waals surface area contributed by atoms with Gasteiger partial charge in [-0.25, -0.2) is 0 Å². The number of nitrogens with zero attached hydrogens (tertiary/aromatic N) is 3. The van der Waals surface area contributed by atoms with Gasteiger partial charge in [0, 0.05) is 32.6 Å². The monoisotopic (exact) mass is 372 g/mol. The molecule has 0 spiro atoms. The third-order valence-electron chi connectivity index (χ3n) is 5.65. The average molecular weight is 373 g/mol. The van der Waals surface area contributed by atoms with E-state index < -0.39 is 0 Å². The fourth-order valence-electron chi connectivity index (χ4n) is 4.08.